The quantitative estimate of drug-likeness (QED) is 0.806. The molecule has 19 heavy (non-hydrogen) atoms. The Bertz CT molecular complexity index is 448. The zero-order chi connectivity index (χ0) is 14.6. The van der Waals surface area contributed by atoms with Crippen LogP contribution in [0.2, 0.25) is 5.02 Å². The van der Waals surface area contributed by atoms with Crippen LogP contribution in [0.3, 0.4) is 0 Å². The molecule has 0 amide bonds. The van der Waals surface area contributed by atoms with Crippen LogP contribution in [0, 0.1) is 5.41 Å². The number of benzene rings is 1. The molecule has 0 aliphatic heterocycles. The third kappa shape index (κ3) is 3.97. The molecule has 0 fully saturated rings. The molecule has 0 radical (unpaired) electrons. The summed E-state index contributed by atoms with van der Waals surface area (Å²) < 4.78 is 0. The van der Waals surface area contributed by atoms with Crippen molar-refractivity contribution < 1.29 is 9.90 Å². The standard InChI is InChI=1S/C16H23ClO2/c1-5-12(6-2)13-8-7-11(9-14(13)17)10-16(3,4)15(18)19/h7-9,12H,5-6,10H2,1-4H3,(H,18,19). The second-order valence-corrected chi connectivity index (χ2v) is 6.14. The minimum absolute atomic E-state index is 0.481. The van der Waals surface area contributed by atoms with Crippen LogP contribution in [0.15, 0.2) is 18.2 Å². The van der Waals surface area contributed by atoms with Gasteiger partial charge in [-0.25, -0.2) is 0 Å². The molecule has 0 aliphatic rings. The van der Waals surface area contributed by atoms with Crippen LogP contribution < -0.4 is 0 Å². The van der Waals surface area contributed by atoms with Crippen LogP contribution in [-0.2, 0) is 11.2 Å². The largest absolute Gasteiger partial charge is 0.481 e. The summed E-state index contributed by atoms with van der Waals surface area (Å²) >= 11 is 6.34. The number of carboxylic acids is 1. The van der Waals surface area contributed by atoms with Crippen molar-refractivity contribution in [3.8, 4) is 0 Å². The Kier molecular flexibility index (Phi) is 5.42. The first-order chi connectivity index (χ1) is 8.81. The molecule has 1 rings (SSSR count). The lowest BCUT2D eigenvalue weighted by atomic mass is 9.85. The molecule has 1 aromatic rings. The first-order valence-corrected chi connectivity index (χ1v) is 7.21. The van der Waals surface area contributed by atoms with Crippen molar-refractivity contribution in [1.29, 1.82) is 0 Å². The average Bonchev–Trinajstić information content (AvgIpc) is 2.32. The second kappa shape index (κ2) is 6.42. The first kappa shape index (κ1) is 16.0. The molecule has 1 aromatic carbocycles. The molecule has 0 saturated heterocycles. The number of carbonyl (C=O) groups is 1. The van der Waals surface area contributed by atoms with Crippen molar-refractivity contribution in [2.75, 3.05) is 0 Å². The molecule has 3 heteroatoms. The molecule has 0 aromatic heterocycles. The lowest BCUT2D eigenvalue weighted by molar-refractivity contribution is -0.146. The van der Waals surface area contributed by atoms with E-state index in [4.69, 9.17) is 16.7 Å². The first-order valence-electron chi connectivity index (χ1n) is 6.83. The summed E-state index contributed by atoms with van der Waals surface area (Å²) in [6.07, 6.45) is 2.62. The number of halogens is 1. The smallest absolute Gasteiger partial charge is 0.309 e. The van der Waals surface area contributed by atoms with E-state index in [-0.39, 0.29) is 0 Å². The van der Waals surface area contributed by atoms with E-state index in [0.717, 1.165) is 23.4 Å². The van der Waals surface area contributed by atoms with Crippen molar-refractivity contribution in [3.05, 3.63) is 34.3 Å². The monoisotopic (exact) mass is 282 g/mol. The Balaban J connectivity index is 2.97. The van der Waals surface area contributed by atoms with Crippen LogP contribution in [0.4, 0.5) is 0 Å². The van der Waals surface area contributed by atoms with Gasteiger partial charge >= 0.3 is 5.97 Å². The Morgan fingerprint density at radius 3 is 2.32 bits per heavy atom. The summed E-state index contributed by atoms with van der Waals surface area (Å²) in [7, 11) is 0. The third-order valence-electron chi connectivity index (χ3n) is 3.72. The summed E-state index contributed by atoms with van der Waals surface area (Å²) in [5, 5.41) is 9.91. The van der Waals surface area contributed by atoms with Gasteiger partial charge in [0.1, 0.15) is 0 Å². The van der Waals surface area contributed by atoms with E-state index >= 15 is 0 Å². The minimum Gasteiger partial charge on any atom is -0.481 e. The fraction of sp³-hybridized carbons (Fsp3) is 0.562. The maximum absolute atomic E-state index is 11.1. The zero-order valence-corrected chi connectivity index (χ0v) is 12.9. The Hall–Kier alpha value is -1.02. The predicted octanol–water partition coefficient (Wildman–Crippen LogP) is 4.90. The molecule has 2 nitrogen and oxygen atoms in total. The van der Waals surface area contributed by atoms with E-state index in [1.807, 2.05) is 18.2 Å². The summed E-state index contributed by atoms with van der Waals surface area (Å²) in [5.74, 6) is -0.304. The fourth-order valence-corrected chi connectivity index (χ4v) is 2.68. The van der Waals surface area contributed by atoms with Gasteiger partial charge in [-0.2, -0.15) is 0 Å². The van der Waals surface area contributed by atoms with Gasteiger partial charge in [0.05, 0.1) is 5.41 Å². The maximum Gasteiger partial charge on any atom is 0.309 e. The summed E-state index contributed by atoms with van der Waals surface area (Å²) in [6, 6.07) is 5.97. The van der Waals surface area contributed by atoms with Gasteiger partial charge in [0.15, 0.2) is 0 Å². The SMILES string of the molecule is CCC(CC)c1ccc(CC(C)(C)C(=O)O)cc1Cl. The highest BCUT2D eigenvalue weighted by Crippen LogP contribution is 2.32. The summed E-state index contributed by atoms with van der Waals surface area (Å²) in [4.78, 5) is 11.1. The number of hydrogen-bond donors (Lipinski definition) is 1. The van der Waals surface area contributed by atoms with Crippen molar-refractivity contribution >= 4 is 17.6 Å². The molecule has 0 atom stereocenters. The lowest BCUT2D eigenvalue weighted by Gasteiger charge is -2.20. The molecule has 0 heterocycles. The number of hydrogen-bond acceptors (Lipinski definition) is 1. The predicted molar refractivity (Wildman–Crippen MR) is 79.9 cm³/mol. The number of aliphatic carboxylic acids is 1. The molecule has 0 saturated carbocycles. The highest BCUT2D eigenvalue weighted by atomic mass is 35.5. The normalized spacial score (nSPS) is 11.9. The van der Waals surface area contributed by atoms with Gasteiger partial charge < -0.3 is 5.11 Å². The molecule has 0 bridgehead atoms. The van der Waals surface area contributed by atoms with Crippen molar-refractivity contribution in [1.82, 2.24) is 0 Å². The van der Waals surface area contributed by atoms with Crippen LogP contribution in [0.25, 0.3) is 0 Å². The summed E-state index contributed by atoms with van der Waals surface area (Å²) in [6.45, 7) is 7.79. The number of carboxylic acid groups (broad SMARTS) is 1. The average molecular weight is 283 g/mol. The van der Waals surface area contributed by atoms with Gasteiger partial charge in [-0.1, -0.05) is 37.6 Å². The van der Waals surface area contributed by atoms with Gasteiger partial charge in [-0.05, 0) is 56.2 Å². The van der Waals surface area contributed by atoms with E-state index in [0.29, 0.717) is 12.3 Å². The molecule has 106 valence electrons. The highest BCUT2D eigenvalue weighted by molar-refractivity contribution is 6.31. The van der Waals surface area contributed by atoms with E-state index in [9.17, 15) is 4.79 Å². The van der Waals surface area contributed by atoms with E-state index in [1.54, 1.807) is 13.8 Å². The highest BCUT2D eigenvalue weighted by Gasteiger charge is 2.27. The van der Waals surface area contributed by atoms with Gasteiger partial charge in [0.25, 0.3) is 0 Å². The molecule has 1 N–H and O–H groups in total. The Morgan fingerprint density at radius 2 is 1.89 bits per heavy atom. The van der Waals surface area contributed by atoms with Crippen molar-refractivity contribution in [2.24, 2.45) is 5.41 Å². The van der Waals surface area contributed by atoms with Crippen LogP contribution >= 0.6 is 11.6 Å². The maximum atomic E-state index is 11.1. The molecule has 0 spiro atoms. The third-order valence-corrected chi connectivity index (χ3v) is 4.04. The van der Waals surface area contributed by atoms with E-state index < -0.39 is 11.4 Å². The molecule has 0 aliphatic carbocycles. The minimum atomic E-state index is -0.785. The fourth-order valence-electron chi connectivity index (χ4n) is 2.33. The summed E-state index contributed by atoms with van der Waals surface area (Å²) in [5.41, 5.74) is 1.38. The molecular formula is C16H23ClO2. The van der Waals surface area contributed by atoms with Crippen LogP contribution in [-0.4, -0.2) is 11.1 Å². The van der Waals surface area contributed by atoms with Crippen LogP contribution in [0.5, 0.6) is 0 Å². The molecule has 0 unspecified atom stereocenters. The molecular weight excluding hydrogens is 260 g/mol. The number of rotatable bonds is 6. The van der Waals surface area contributed by atoms with Gasteiger partial charge in [-0.3, -0.25) is 4.79 Å². The van der Waals surface area contributed by atoms with Gasteiger partial charge in [0, 0.05) is 5.02 Å². The lowest BCUT2D eigenvalue weighted by Crippen LogP contribution is -2.26. The topological polar surface area (TPSA) is 37.3 Å². The van der Waals surface area contributed by atoms with Crippen molar-refractivity contribution in [3.63, 3.8) is 0 Å². The zero-order valence-electron chi connectivity index (χ0n) is 12.2. The van der Waals surface area contributed by atoms with E-state index in [1.165, 1.54) is 5.56 Å². The van der Waals surface area contributed by atoms with Crippen molar-refractivity contribution in [2.45, 2.75) is 52.9 Å². The van der Waals surface area contributed by atoms with Gasteiger partial charge in [-0.15, -0.1) is 0 Å². The van der Waals surface area contributed by atoms with Crippen LogP contribution in [0.1, 0.15) is 57.6 Å². The van der Waals surface area contributed by atoms with E-state index in [2.05, 4.69) is 13.8 Å². The Labute approximate surface area is 120 Å². The second-order valence-electron chi connectivity index (χ2n) is 5.74. The Morgan fingerprint density at radius 1 is 1.32 bits per heavy atom. The van der Waals surface area contributed by atoms with Gasteiger partial charge in [0.2, 0.25) is 0 Å².